The Morgan fingerprint density at radius 3 is 2.73 bits per heavy atom. The maximum absolute atomic E-state index is 13.3. The van der Waals surface area contributed by atoms with Crippen molar-refractivity contribution >= 4 is 27.6 Å². The molecule has 0 bridgehead atoms. The highest BCUT2D eigenvalue weighted by Crippen LogP contribution is 2.52. The molecule has 1 amide bonds. The van der Waals surface area contributed by atoms with Crippen molar-refractivity contribution in [2.45, 2.75) is 64.0 Å². The van der Waals surface area contributed by atoms with Gasteiger partial charge in [-0.05, 0) is 75.3 Å². The van der Waals surface area contributed by atoms with Gasteiger partial charge in [0.2, 0.25) is 0 Å². The van der Waals surface area contributed by atoms with E-state index in [4.69, 9.17) is 9.72 Å². The summed E-state index contributed by atoms with van der Waals surface area (Å²) in [5.74, 6) is 0.731. The van der Waals surface area contributed by atoms with Crippen LogP contribution >= 0.6 is 11.3 Å². The average Bonchev–Trinajstić information content (AvgIpc) is 3.59. The molecular formula is C29H30N4O3S. The number of rotatable bonds is 3. The first kappa shape index (κ1) is 23.9. The molecule has 0 saturated heterocycles. The number of aromatic amines is 1. The fourth-order valence-electron chi connectivity index (χ4n) is 5.15. The van der Waals surface area contributed by atoms with Gasteiger partial charge in [-0.15, -0.1) is 11.3 Å². The van der Waals surface area contributed by atoms with Crippen molar-refractivity contribution in [2.24, 2.45) is 0 Å². The Labute approximate surface area is 219 Å². The van der Waals surface area contributed by atoms with E-state index in [-0.39, 0.29) is 17.5 Å². The van der Waals surface area contributed by atoms with Crippen LogP contribution in [0.5, 0.6) is 0 Å². The number of H-pyrrole nitrogens is 1. The van der Waals surface area contributed by atoms with Crippen LogP contribution in [-0.2, 0) is 23.1 Å². The quantitative estimate of drug-likeness (QED) is 0.373. The third-order valence-corrected chi connectivity index (χ3v) is 8.04. The number of fused-ring (bicyclic) bond motifs is 2. The van der Waals surface area contributed by atoms with E-state index < -0.39 is 11.7 Å². The van der Waals surface area contributed by atoms with Gasteiger partial charge in [-0.1, -0.05) is 30.3 Å². The van der Waals surface area contributed by atoms with Gasteiger partial charge in [0.1, 0.15) is 11.4 Å². The Kier molecular flexibility index (Phi) is 5.67. The zero-order chi connectivity index (χ0) is 25.8. The van der Waals surface area contributed by atoms with Gasteiger partial charge in [0.05, 0.1) is 38.9 Å². The standard InChI is InChI=1S/C29H30N4O3S/c1-28(2,3)36-27(35)33-13-5-8-22-21(16-33)25(34)32-26(31-22)29(11-12-29)20-7-4-6-18(14-20)19-9-10-24-23(15-19)30-17-37-24/h4,6-7,9-10,14-15,17H,5,8,11-13,16H2,1-3H3,(H,31,32,34). The van der Waals surface area contributed by atoms with Crippen molar-refractivity contribution in [3.8, 4) is 11.1 Å². The molecule has 1 fully saturated rings. The maximum Gasteiger partial charge on any atom is 0.410 e. The molecule has 0 spiro atoms. The third kappa shape index (κ3) is 4.55. The minimum absolute atomic E-state index is 0.160. The van der Waals surface area contributed by atoms with Crippen LogP contribution in [0.1, 0.15) is 62.7 Å². The highest BCUT2D eigenvalue weighted by molar-refractivity contribution is 7.16. The minimum Gasteiger partial charge on any atom is -0.444 e. The number of nitrogens with one attached hydrogen (secondary N) is 1. The van der Waals surface area contributed by atoms with Crippen LogP contribution < -0.4 is 5.56 Å². The number of amides is 1. The SMILES string of the molecule is CC(C)(C)OC(=O)N1CCCc2nc(C3(c4cccc(-c5ccc6scnc6c5)c4)CC3)[nH]c(=O)c2C1. The molecule has 1 aliphatic carbocycles. The van der Waals surface area contributed by atoms with Crippen LogP contribution in [0.4, 0.5) is 4.79 Å². The molecule has 1 N–H and O–H groups in total. The molecule has 2 aromatic carbocycles. The molecule has 1 aliphatic heterocycles. The highest BCUT2D eigenvalue weighted by Gasteiger charge is 2.49. The van der Waals surface area contributed by atoms with E-state index in [1.807, 2.05) is 26.3 Å². The molecule has 3 heterocycles. The number of carbonyl (C=O) groups is 1. The number of ether oxygens (including phenoxy) is 1. The zero-order valence-electron chi connectivity index (χ0n) is 21.3. The molecule has 190 valence electrons. The number of benzene rings is 2. The van der Waals surface area contributed by atoms with Crippen molar-refractivity contribution in [1.82, 2.24) is 19.9 Å². The third-order valence-electron chi connectivity index (χ3n) is 7.23. The van der Waals surface area contributed by atoms with E-state index in [0.29, 0.717) is 18.5 Å². The summed E-state index contributed by atoms with van der Waals surface area (Å²) in [4.78, 5) is 40.2. The normalized spacial score (nSPS) is 16.8. The maximum atomic E-state index is 13.3. The Morgan fingerprint density at radius 1 is 1.14 bits per heavy atom. The molecule has 0 radical (unpaired) electrons. The van der Waals surface area contributed by atoms with E-state index in [2.05, 4.69) is 52.4 Å². The highest BCUT2D eigenvalue weighted by atomic mass is 32.1. The largest absolute Gasteiger partial charge is 0.444 e. The number of aromatic nitrogens is 3. The lowest BCUT2D eigenvalue weighted by Gasteiger charge is -2.26. The molecule has 7 nitrogen and oxygen atoms in total. The summed E-state index contributed by atoms with van der Waals surface area (Å²) in [5, 5.41) is 0. The predicted octanol–water partition coefficient (Wildman–Crippen LogP) is 5.81. The Bertz CT molecular complexity index is 1560. The topological polar surface area (TPSA) is 88.2 Å². The Balaban J connectivity index is 1.32. The van der Waals surface area contributed by atoms with Crippen LogP contribution in [0.15, 0.2) is 52.8 Å². The summed E-state index contributed by atoms with van der Waals surface area (Å²) in [7, 11) is 0. The van der Waals surface area contributed by atoms with Gasteiger partial charge in [0.15, 0.2) is 0 Å². The van der Waals surface area contributed by atoms with Gasteiger partial charge in [-0.3, -0.25) is 4.79 Å². The lowest BCUT2D eigenvalue weighted by molar-refractivity contribution is 0.0236. The van der Waals surface area contributed by atoms with Crippen molar-refractivity contribution < 1.29 is 9.53 Å². The lowest BCUT2D eigenvalue weighted by atomic mass is 9.91. The fraction of sp³-hybridized carbons (Fsp3) is 0.379. The van der Waals surface area contributed by atoms with E-state index >= 15 is 0 Å². The molecule has 0 unspecified atom stereocenters. The van der Waals surface area contributed by atoms with Crippen molar-refractivity contribution in [1.29, 1.82) is 0 Å². The van der Waals surface area contributed by atoms with E-state index in [1.165, 1.54) is 4.70 Å². The first-order valence-electron chi connectivity index (χ1n) is 12.8. The second kappa shape index (κ2) is 8.80. The molecule has 37 heavy (non-hydrogen) atoms. The van der Waals surface area contributed by atoms with Crippen LogP contribution in [0, 0.1) is 0 Å². The van der Waals surface area contributed by atoms with E-state index in [1.54, 1.807) is 16.2 Å². The summed E-state index contributed by atoms with van der Waals surface area (Å²) in [6.45, 7) is 6.29. The molecule has 2 aliphatic rings. The zero-order valence-corrected chi connectivity index (χ0v) is 22.2. The van der Waals surface area contributed by atoms with Crippen molar-refractivity contribution in [2.75, 3.05) is 6.54 Å². The Hall–Kier alpha value is -3.52. The molecule has 2 aromatic heterocycles. The fourth-order valence-corrected chi connectivity index (χ4v) is 5.81. The number of hydrogen-bond acceptors (Lipinski definition) is 6. The first-order valence-corrected chi connectivity index (χ1v) is 13.6. The predicted molar refractivity (Wildman–Crippen MR) is 145 cm³/mol. The molecule has 4 aromatic rings. The molecule has 6 rings (SSSR count). The van der Waals surface area contributed by atoms with Gasteiger partial charge in [0.25, 0.3) is 5.56 Å². The summed E-state index contributed by atoms with van der Waals surface area (Å²) in [6.07, 6.45) is 2.88. The van der Waals surface area contributed by atoms with Crippen LogP contribution in [0.3, 0.4) is 0 Å². The van der Waals surface area contributed by atoms with Gasteiger partial charge in [-0.2, -0.15) is 0 Å². The summed E-state index contributed by atoms with van der Waals surface area (Å²) in [6, 6.07) is 14.9. The van der Waals surface area contributed by atoms with Crippen molar-refractivity contribution in [3.05, 3.63) is 81.0 Å². The van der Waals surface area contributed by atoms with Gasteiger partial charge in [0, 0.05) is 6.54 Å². The number of nitrogens with zero attached hydrogens (tertiary/aromatic N) is 3. The average molecular weight is 515 g/mol. The number of hydrogen-bond donors (Lipinski definition) is 1. The molecule has 1 saturated carbocycles. The second-order valence-corrected chi connectivity index (χ2v) is 11.9. The summed E-state index contributed by atoms with van der Waals surface area (Å²) >= 11 is 1.64. The number of aryl methyl sites for hydroxylation is 1. The summed E-state index contributed by atoms with van der Waals surface area (Å²) < 4.78 is 6.73. The van der Waals surface area contributed by atoms with Gasteiger partial charge in [-0.25, -0.2) is 14.8 Å². The second-order valence-electron chi connectivity index (χ2n) is 11.0. The minimum atomic E-state index is -0.584. The monoisotopic (exact) mass is 514 g/mol. The van der Waals surface area contributed by atoms with Gasteiger partial charge < -0.3 is 14.6 Å². The molecule has 0 atom stereocenters. The van der Waals surface area contributed by atoms with E-state index in [0.717, 1.165) is 53.0 Å². The van der Waals surface area contributed by atoms with E-state index in [9.17, 15) is 9.59 Å². The smallest absolute Gasteiger partial charge is 0.410 e. The molecular weight excluding hydrogens is 484 g/mol. The molecule has 8 heteroatoms. The van der Waals surface area contributed by atoms with Gasteiger partial charge >= 0.3 is 6.09 Å². The lowest BCUT2D eigenvalue weighted by Crippen LogP contribution is -2.37. The van der Waals surface area contributed by atoms with Crippen LogP contribution in [-0.4, -0.2) is 38.1 Å². The van der Waals surface area contributed by atoms with Crippen LogP contribution in [0.25, 0.3) is 21.3 Å². The van der Waals surface area contributed by atoms with Crippen LogP contribution in [0.2, 0.25) is 0 Å². The number of thiazole rings is 1. The summed E-state index contributed by atoms with van der Waals surface area (Å²) in [5.41, 5.74) is 6.62. The Morgan fingerprint density at radius 2 is 1.95 bits per heavy atom. The first-order chi connectivity index (χ1) is 17.7. The number of carbonyl (C=O) groups excluding carboxylic acids is 1. The van der Waals surface area contributed by atoms with Crippen molar-refractivity contribution in [3.63, 3.8) is 0 Å².